The van der Waals surface area contributed by atoms with Crippen LogP contribution < -0.4 is 4.74 Å². The van der Waals surface area contributed by atoms with Gasteiger partial charge >= 0.3 is 5.97 Å². The molecule has 1 N–H and O–H groups in total. The highest BCUT2D eigenvalue weighted by Gasteiger charge is 2.42. The first-order valence-corrected chi connectivity index (χ1v) is 12.4. The first-order valence-electron chi connectivity index (χ1n) is 11.2. The molecule has 182 valence electrons. The molecule has 0 aromatic heterocycles. The van der Waals surface area contributed by atoms with Gasteiger partial charge in [0.2, 0.25) is 0 Å². The highest BCUT2D eigenvalue weighted by Crippen LogP contribution is 2.54. The van der Waals surface area contributed by atoms with Gasteiger partial charge < -0.3 is 14.6 Å². The van der Waals surface area contributed by atoms with Crippen molar-refractivity contribution in [3.63, 3.8) is 0 Å². The third-order valence-electron chi connectivity index (χ3n) is 6.28. The zero-order chi connectivity index (χ0) is 25.1. The van der Waals surface area contributed by atoms with Crippen molar-refractivity contribution in [3.05, 3.63) is 111 Å². The smallest absolute Gasteiger partial charge is 0.341 e. The van der Waals surface area contributed by atoms with Crippen LogP contribution >= 0.6 is 27.5 Å². The fourth-order valence-corrected chi connectivity index (χ4v) is 5.44. The zero-order valence-corrected chi connectivity index (χ0v) is 21.4. The summed E-state index contributed by atoms with van der Waals surface area (Å²) in [7, 11) is 0. The largest absolute Gasteiger partial charge is 0.479 e. The Hall–Kier alpha value is -2.67. The van der Waals surface area contributed by atoms with Gasteiger partial charge in [-0.3, -0.25) is 0 Å². The van der Waals surface area contributed by atoms with E-state index in [1.165, 1.54) is 6.07 Å². The first-order chi connectivity index (χ1) is 16.8. The second-order valence-electron chi connectivity index (χ2n) is 8.69. The fraction of sp³-hybridized carbons (Fsp3) is 0.250. The quantitative estimate of drug-likeness (QED) is 0.299. The minimum absolute atomic E-state index is 0.0792. The Morgan fingerprint density at radius 1 is 1.14 bits per heavy atom. The van der Waals surface area contributed by atoms with Gasteiger partial charge in [0, 0.05) is 26.9 Å². The van der Waals surface area contributed by atoms with Crippen LogP contribution in [-0.2, 0) is 9.53 Å². The van der Waals surface area contributed by atoms with Crippen LogP contribution in [0.25, 0.3) is 0 Å². The van der Waals surface area contributed by atoms with E-state index in [1.54, 1.807) is 6.07 Å². The summed E-state index contributed by atoms with van der Waals surface area (Å²) in [4.78, 5) is 11.2. The molecule has 7 heteroatoms. The lowest BCUT2D eigenvalue weighted by Crippen LogP contribution is -2.32. The van der Waals surface area contributed by atoms with E-state index in [1.807, 2.05) is 61.5 Å². The highest BCUT2D eigenvalue weighted by molar-refractivity contribution is 9.10. The van der Waals surface area contributed by atoms with E-state index in [9.17, 15) is 4.79 Å². The lowest BCUT2D eigenvalue weighted by molar-refractivity contribution is -0.139. The maximum absolute atomic E-state index is 15.0. The van der Waals surface area contributed by atoms with Crippen LogP contribution in [0.1, 0.15) is 48.2 Å². The van der Waals surface area contributed by atoms with Crippen LogP contribution in [0.5, 0.6) is 5.75 Å². The average Bonchev–Trinajstić information content (AvgIpc) is 2.83. The van der Waals surface area contributed by atoms with Gasteiger partial charge in [-0.2, -0.15) is 0 Å². The Morgan fingerprint density at radius 3 is 2.49 bits per heavy atom. The molecule has 1 aliphatic heterocycles. The van der Waals surface area contributed by atoms with Crippen LogP contribution in [0.3, 0.4) is 0 Å². The molecule has 4 rings (SSSR count). The number of benzene rings is 3. The van der Waals surface area contributed by atoms with Crippen molar-refractivity contribution < 1.29 is 23.8 Å². The minimum Gasteiger partial charge on any atom is -0.479 e. The van der Waals surface area contributed by atoms with Crippen molar-refractivity contribution in [2.24, 2.45) is 5.92 Å². The summed E-state index contributed by atoms with van der Waals surface area (Å²) in [5, 5.41) is 9.78. The monoisotopic (exact) mass is 558 g/mol. The molecule has 35 heavy (non-hydrogen) atoms. The average molecular weight is 560 g/mol. The van der Waals surface area contributed by atoms with Gasteiger partial charge in [-0.15, -0.1) is 0 Å². The molecule has 1 aliphatic rings. The van der Waals surface area contributed by atoms with Crippen molar-refractivity contribution in [1.82, 2.24) is 0 Å². The number of rotatable bonds is 7. The van der Waals surface area contributed by atoms with Gasteiger partial charge in [0.1, 0.15) is 0 Å². The molecule has 3 aromatic rings. The summed E-state index contributed by atoms with van der Waals surface area (Å²) in [5.41, 5.74) is 3.23. The van der Waals surface area contributed by atoms with E-state index in [0.29, 0.717) is 21.5 Å². The van der Waals surface area contributed by atoms with Gasteiger partial charge in [0.05, 0.1) is 12.2 Å². The zero-order valence-electron chi connectivity index (χ0n) is 19.1. The number of aliphatic carboxylic acids is 1. The molecule has 0 radical (unpaired) electrons. The third kappa shape index (κ3) is 5.61. The SMILES string of the molecule is C=C(C)[C@H]1C[C@H](c2ccccc2Cl)[C@H](c2ccccc2)O[C@@H]1c1cc(Br)cc(F)c1OCC(=O)O. The fourth-order valence-electron chi connectivity index (χ4n) is 4.72. The van der Waals surface area contributed by atoms with Crippen LogP contribution in [0.2, 0.25) is 5.02 Å². The minimum atomic E-state index is -1.19. The van der Waals surface area contributed by atoms with Crippen molar-refractivity contribution in [3.8, 4) is 5.75 Å². The normalized spacial score (nSPS) is 21.9. The van der Waals surface area contributed by atoms with Crippen LogP contribution in [0.4, 0.5) is 4.39 Å². The molecule has 0 unspecified atom stereocenters. The van der Waals surface area contributed by atoms with E-state index in [-0.39, 0.29) is 23.7 Å². The molecule has 1 heterocycles. The Balaban J connectivity index is 1.84. The van der Waals surface area contributed by atoms with Gasteiger partial charge in [-0.1, -0.05) is 88.2 Å². The third-order valence-corrected chi connectivity index (χ3v) is 7.08. The number of hydrogen-bond donors (Lipinski definition) is 1. The Bertz CT molecular complexity index is 1230. The van der Waals surface area contributed by atoms with E-state index in [0.717, 1.165) is 16.7 Å². The number of carboxylic acids is 1. The van der Waals surface area contributed by atoms with Gasteiger partial charge in [-0.25, -0.2) is 9.18 Å². The lowest BCUT2D eigenvalue weighted by Gasteiger charge is -2.43. The molecule has 4 atom stereocenters. The number of halogens is 3. The van der Waals surface area contributed by atoms with Gasteiger partial charge in [-0.05, 0) is 42.7 Å². The summed E-state index contributed by atoms with van der Waals surface area (Å²) in [6.07, 6.45) is -0.353. The molecular weight excluding hydrogens is 535 g/mol. The summed E-state index contributed by atoms with van der Waals surface area (Å²) >= 11 is 9.98. The topological polar surface area (TPSA) is 55.8 Å². The van der Waals surface area contributed by atoms with E-state index >= 15 is 4.39 Å². The van der Waals surface area contributed by atoms with Crippen molar-refractivity contribution in [2.45, 2.75) is 31.5 Å². The number of ether oxygens (including phenoxy) is 2. The molecule has 0 amide bonds. The lowest BCUT2D eigenvalue weighted by atomic mass is 9.74. The molecule has 0 spiro atoms. The molecule has 0 aliphatic carbocycles. The van der Waals surface area contributed by atoms with Gasteiger partial charge in [0.25, 0.3) is 0 Å². The predicted octanol–water partition coefficient (Wildman–Crippen LogP) is 7.88. The number of carboxylic acid groups (broad SMARTS) is 1. The maximum atomic E-state index is 15.0. The Kier molecular flexibility index (Phi) is 7.95. The first kappa shape index (κ1) is 25.4. The van der Waals surface area contributed by atoms with E-state index in [4.69, 9.17) is 26.2 Å². The summed E-state index contributed by atoms with van der Waals surface area (Å²) < 4.78 is 27.7. The van der Waals surface area contributed by atoms with E-state index in [2.05, 4.69) is 22.5 Å². The van der Waals surface area contributed by atoms with E-state index < -0.39 is 24.5 Å². The molecule has 1 saturated heterocycles. The Morgan fingerprint density at radius 2 is 1.83 bits per heavy atom. The molecular formula is C28H25BrClFO4. The predicted molar refractivity (Wildman–Crippen MR) is 137 cm³/mol. The molecule has 1 fully saturated rings. The van der Waals surface area contributed by atoms with Crippen LogP contribution in [0.15, 0.2) is 83.4 Å². The van der Waals surface area contributed by atoms with Crippen LogP contribution in [0, 0.1) is 11.7 Å². The standard InChI is InChI=1S/C28H25BrClFO4/c1-16(2)20-14-21(19-10-6-7-11-23(19)30)26(17-8-4-3-5-9-17)35-27(20)22-12-18(29)13-24(31)28(22)34-15-25(32)33/h3-13,20-21,26-27H,1,14-15H2,2H3,(H,32,33)/t20-,21-,26+,27+/m1/s1. The Labute approximate surface area is 217 Å². The molecule has 3 aromatic carbocycles. The summed E-state index contributed by atoms with van der Waals surface area (Å²) in [5.74, 6) is -2.26. The number of carbonyl (C=O) groups is 1. The molecule has 0 saturated carbocycles. The maximum Gasteiger partial charge on any atom is 0.341 e. The highest BCUT2D eigenvalue weighted by atomic mass is 79.9. The molecule has 4 nitrogen and oxygen atoms in total. The van der Waals surface area contributed by atoms with Crippen molar-refractivity contribution >= 4 is 33.5 Å². The summed E-state index contributed by atoms with van der Waals surface area (Å²) in [6, 6.07) is 20.5. The van der Waals surface area contributed by atoms with Crippen molar-refractivity contribution in [1.29, 1.82) is 0 Å². The summed E-state index contributed by atoms with van der Waals surface area (Å²) in [6.45, 7) is 5.45. The molecule has 0 bridgehead atoms. The van der Waals surface area contributed by atoms with Crippen molar-refractivity contribution in [2.75, 3.05) is 6.61 Å². The second-order valence-corrected chi connectivity index (χ2v) is 10.0. The number of hydrogen-bond acceptors (Lipinski definition) is 3. The second kappa shape index (κ2) is 10.9. The van der Waals surface area contributed by atoms with Crippen LogP contribution in [-0.4, -0.2) is 17.7 Å². The van der Waals surface area contributed by atoms with Gasteiger partial charge in [0.15, 0.2) is 18.2 Å².